The van der Waals surface area contributed by atoms with E-state index in [0.29, 0.717) is 44.7 Å². The average Bonchev–Trinajstić information content (AvgIpc) is 4.09. The van der Waals surface area contributed by atoms with Crippen molar-refractivity contribution in [2.24, 2.45) is 20.8 Å². The van der Waals surface area contributed by atoms with Gasteiger partial charge < -0.3 is 30.1 Å². The van der Waals surface area contributed by atoms with Gasteiger partial charge in [0.15, 0.2) is 0 Å². The number of nitrogens with zero attached hydrogens (tertiary/aromatic N) is 7. The summed E-state index contributed by atoms with van der Waals surface area (Å²) in [4.78, 5) is 58.4. The molecule has 2 aliphatic carbocycles. The molecule has 324 valence electrons. The number of carboxylic acid groups (broad SMARTS) is 1. The highest BCUT2D eigenvalue weighted by molar-refractivity contribution is 7.19. The number of hydrogen-bond acceptors (Lipinski definition) is 14. The van der Waals surface area contributed by atoms with Gasteiger partial charge in [0, 0.05) is 35.3 Å². The van der Waals surface area contributed by atoms with Gasteiger partial charge in [0.1, 0.15) is 45.5 Å². The molecule has 63 heavy (non-hydrogen) atoms. The Kier molecular flexibility index (Phi) is 10.6. The number of aromatic nitrogens is 4. The van der Waals surface area contributed by atoms with E-state index in [1.807, 2.05) is 42.5 Å². The number of ether oxygens (including phenoxy) is 2. The predicted molar refractivity (Wildman–Crippen MR) is 248 cm³/mol. The van der Waals surface area contributed by atoms with Gasteiger partial charge in [0.2, 0.25) is 5.91 Å². The molecule has 4 aromatic heterocycles. The topological polar surface area (TPSA) is 176 Å². The fourth-order valence-electron chi connectivity index (χ4n) is 9.79. The maximum atomic E-state index is 13.3. The van der Waals surface area contributed by atoms with Crippen LogP contribution in [0.4, 0.5) is 23.0 Å². The van der Waals surface area contributed by atoms with Gasteiger partial charge in [-0.3, -0.25) is 19.6 Å². The number of amides is 1. The standard InChI is InChI=1S/C25H27N5O2S.C22H22N4O3S/c1-3-25(24(31)30-7-4-8-30)6-5-17-20(11-25)33-23-21(17)22(27-14-28-23)29-18-9-15-12-26-13-16(15)10-19(18)32-2;1-3-22(21(27)28)5-4-14-17(8-22)30-20-18(14)19(24-11-25-20)26-15-6-12-9-23-10-13(12)7-16(15)29-2/h9-10,12,14H,3-8,11,13H2,1-2H3,(H,27,28,29);6-7,9,11H,3-5,8,10H2,1-2H3,(H,27,28)(H,24,25,26)/t25-;22-/m00/s1. The number of carbonyl (C=O) groups is 2. The van der Waals surface area contributed by atoms with Gasteiger partial charge in [-0.25, -0.2) is 19.9 Å². The van der Waals surface area contributed by atoms with Gasteiger partial charge in [0.05, 0.1) is 60.3 Å². The summed E-state index contributed by atoms with van der Waals surface area (Å²) in [6, 6.07) is 8.16. The molecule has 0 bridgehead atoms. The summed E-state index contributed by atoms with van der Waals surface area (Å²) in [6.07, 6.45) is 14.0. The zero-order chi connectivity index (χ0) is 43.5. The Bertz CT molecular complexity index is 2890. The van der Waals surface area contributed by atoms with E-state index in [2.05, 4.69) is 53.5 Å². The van der Waals surface area contributed by atoms with Crippen molar-refractivity contribution in [1.82, 2.24) is 24.8 Å². The number of aliphatic carboxylic acids is 1. The van der Waals surface area contributed by atoms with Crippen molar-refractivity contribution in [1.29, 1.82) is 0 Å². The molecule has 1 saturated heterocycles. The highest BCUT2D eigenvalue weighted by Crippen LogP contribution is 2.49. The van der Waals surface area contributed by atoms with Gasteiger partial charge in [-0.15, -0.1) is 22.7 Å². The van der Waals surface area contributed by atoms with Crippen LogP contribution in [-0.2, 0) is 48.4 Å². The molecule has 3 aliphatic heterocycles. The average molecular weight is 884 g/mol. The van der Waals surface area contributed by atoms with E-state index in [9.17, 15) is 14.7 Å². The van der Waals surface area contributed by atoms with Gasteiger partial charge in [-0.1, -0.05) is 13.8 Å². The first-order chi connectivity index (χ1) is 30.7. The third-order valence-corrected chi connectivity index (χ3v) is 16.1. The van der Waals surface area contributed by atoms with Crippen LogP contribution >= 0.6 is 22.7 Å². The molecule has 14 nitrogen and oxygen atoms in total. The van der Waals surface area contributed by atoms with E-state index in [-0.39, 0.29) is 5.41 Å². The molecule has 3 N–H and O–H groups in total. The fraction of sp³-hybridized carbons (Fsp3) is 0.404. The van der Waals surface area contributed by atoms with E-state index in [0.717, 1.165) is 122 Å². The van der Waals surface area contributed by atoms with Crippen molar-refractivity contribution in [2.75, 3.05) is 37.9 Å². The maximum absolute atomic E-state index is 13.3. The quantitative estimate of drug-likeness (QED) is 0.120. The summed E-state index contributed by atoms with van der Waals surface area (Å²) in [5.74, 6) is 2.68. The molecule has 1 amide bonds. The number of aliphatic imine (C=N–C) groups is 2. The number of nitrogens with one attached hydrogen (secondary N) is 2. The number of carbonyl (C=O) groups excluding carboxylic acids is 1. The molecular weight excluding hydrogens is 835 g/mol. The fourth-order valence-corrected chi connectivity index (χ4v) is 12.4. The monoisotopic (exact) mass is 883 g/mol. The molecule has 0 radical (unpaired) electrons. The van der Waals surface area contributed by atoms with Crippen LogP contribution in [0, 0.1) is 10.8 Å². The SMILES string of the molecule is CC[C@]1(C(=O)N2CCC2)CCc2c(sc3ncnc(Nc4cc5c(cc4OC)CN=C5)c23)C1.CC[C@]1(C(=O)O)CCc2c(sc3ncnc(Nc4cc5c(cc4OC)CN=C5)c23)C1. The molecule has 2 aromatic carbocycles. The van der Waals surface area contributed by atoms with E-state index in [1.54, 1.807) is 49.5 Å². The number of carboxylic acids is 1. The Morgan fingerprint density at radius 1 is 0.730 bits per heavy atom. The van der Waals surface area contributed by atoms with Gasteiger partial charge >= 0.3 is 5.97 Å². The lowest BCUT2D eigenvalue weighted by Gasteiger charge is -2.42. The molecule has 11 rings (SSSR count). The zero-order valence-electron chi connectivity index (χ0n) is 35.8. The normalized spacial score (nSPS) is 20.3. The largest absolute Gasteiger partial charge is 0.495 e. The number of likely N-dealkylation sites (tertiary alicyclic amines) is 1. The van der Waals surface area contributed by atoms with Crippen molar-refractivity contribution in [3.05, 3.63) is 80.1 Å². The first kappa shape index (κ1) is 41.0. The van der Waals surface area contributed by atoms with Gasteiger partial charge in [-0.2, -0.15) is 0 Å². The number of hydrogen-bond donors (Lipinski definition) is 3. The Morgan fingerprint density at radius 2 is 1.22 bits per heavy atom. The molecule has 6 aromatic rings. The number of fused-ring (bicyclic) bond motifs is 8. The number of methoxy groups -OCH3 is 2. The number of rotatable bonds is 10. The van der Waals surface area contributed by atoms with Crippen molar-refractivity contribution < 1.29 is 24.2 Å². The molecule has 0 spiro atoms. The maximum Gasteiger partial charge on any atom is 0.309 e. The first-order valence-corrected chi connectivity index (χ1v) is 23.3. The molecule has 7 heterocycles. The van der Waals surface area contributed by atoms with Crippen LogP contribution in [0.15, 0.2) is 46.9 Å². The third kappa shape index (κ3) is 7.07. The highest BCUT2D eigenvalue weighted by atomic mass is 32.1. The lowest BCUT2D eigenvalue weighted by atomic mass is 9.70. The lowest BCUT2D eigenvalue weighted by Crippen LogP contribution is -2.51. The minimum absolute atomic E-state index is 0.280. The molecule has 1 fully saturated rings. The van der Waals surface area contributed by atoms with Gasteiger partial charge in [-0.05, 0) is 115 Å². The van der Waals surface area contributed by atoms with E-state index < -0.39 is 11.4 Å². The van der Waals surface area contributed by atoms with Crippen molar-refractivity contribution in [3.8, 4) is 11.5 Å². The minimum Gasteiger partial charge on any atom is -0.495 e. The Morgan fingerprint density at radius 3 is 1.67 bits per heavy atom. The smallest absolute Gasteiger partial charge is 0.309 e. The summed E-state index contributed by atoms with van der Waals surface area (Å²) >= 11 is 3.30. The molecular formula is C47H49N9O5S2. The summed E-state index contributed by atoms with van der Waals surface area (Å²) < 4.78 is 11.2. The molecule has 0 unspecified atom stereocenters. The molecule has 16 heteroatoms. The molecule has 5 aliphatic rings. The highest BCUT2D eigenvalue weighted by Gasteiger charge is 2.45. The van der Waals surface area contributed by atoms with E-state index in [4.69, 9.17) is 9.47 Å². The van der Waals surface area contributed by atoms with Crippen LogP contribution in [-0.4, -0.2) is 81.6 Å². The molecule has 0 saturated carbocycles. The van der Waals surface area contributed by atoms with Crippen LogP contribution in [0.3, 0.4) is 0 Å². The summed E-state index contributed by atoms with van der Waals surface area (Å²) in [5.41, 5.74) is 7.69. The first-order valence-electron chi connectivity index (χ1n) is 21.6. The van der Waals surface area contributed by atoms with Crippen LogP contribution in [0.25, 0.3) is 20.4 Å². The zero-order valence-corrected chi connectivity index (χ0v) is 37.5. The summed E-state index contributed by atoms with van der Waals surface area (Å²) in [6.45, 7) is 7.30. The second-order valence-electron chi connectivity index (χ2n) is 17.1. The van der Waals surface area contributed by atoms with Crippen molar-refractivity contribution in [2.45, 2.75) is 84.7 Å². The van der Waals surface area contributed by atoms with Crippen molar-refractivity contribution in [3.63, 3.8) is 0 Å². The summed E-state index contributed by atoms with van der Waals surface area (Å²) in [7, 11) is 3.34. The Labute approximate surface area is 372 Å². The summed E-state index contributed by atoms with van der Waals surface area (Å²) in [5, 5.41) is 18.8. The van der Waals surface area contributed by atoms with Crippen LogP contribution in [0.2, 0.25) is 0 Å². The van der Waals surface area contributed by atoms with Crippen LogP contribution in [0.1, 0.15) is 89.1 Å². The Hall–Kier alpha value is -6.00. The predicted octanol–water partition coefficient (Wildman–Crippen LogP) is 8.84. The second-order valence-corrected chi connectivity index (χ2v) is 19.2. The number of thiophene rings is 2. The number of aryl methyl sites for hydroxylation is 2. The van der Waals surface area contributed by atoms with Crippen LogP contribution < -0.4 is 20.1 Å². The lowest BCUT2D eigenvalue weighted by molar-refractivity contribution is -0.150. The minimum atomic E-state index is -0.706. The van der Waals surface area contributed by atoms with Gasteiger partial charge in [0.25, 0.3) is 0 Å². The number of benzene rings is 2. The third-order valence-electron chi connectivity index (χ3n) is 13.9. The van der Waals surface area contributed by atoms with E-state index >= 15 is 0 Å². The van der Waals surface area contributed by atoms with Crippen molar-refractivity contribution >= 4 is 90.4 Å². The van der Waals surface area contributed by atoms with E-state index in [1.165, 1.54) is 21.6 Å². The second kappa shape index (κ2) is 16.3. The molecule has 2 atom stereocenters. The Balaban J connectivity index is 0.000000150. The van der Waals surface area contributed by atoms with Crippen LogP contribution in [0.5, 0.6) is 11.5 Å². The number of anilines is 4.